The van der Waals surface area contributed by atoms with Crippen molar-refractivity contribution in [3.05, 3.63) is 0 Å². The van der Waals surface area contributed by atoms with Crippen molar-refractivity contribution < 1.29 is 37.6 Å². The van der Waals surface area contributed by atoms with E-state index >= 15 is 0 Å². The molecule has 0 aromatic carbocycles. The van der Waals surface area contributed by atoms with Crippen LogP contribution >= 0.6 is 0 Å². The SMILES string of the molecule is C[C@H](CCCC(CO)COS(=O)(=O)O)C1CCC2C3C(O)CC4CC(O)CC[C@]4(C)C3C(O)C[C@@]21C. The van der Waals surface area contributed by atoms with Gasteiger partial charge in [-0.1, -0.05) is 33.6 Å². The monoisotopic (exact) mass is 532 g/mol. The van der Waals surface area contributed by atoms with Gasteiger partial charge in [0.25, 0.3) is 0 Å². The first-order valence-electron chi connectivity index (χ1n) is 14.1. The van der Waals surface area contributed by atoms with Crippen LogP contribution in [0.3, 0.4) is 0 Å². The molecule has 0 saturated heterocycles. The van der Waals surface area contributed by atoms with Gasteiger partial charge in [-0.3, -0.25) is 4.55 Å². The Balaban J connectivity index is 1.42. The fraction of sp³-hybridized carbons (Fsp3) is 1.00. The van der Waals surface area contributed by atoms with Gasteiger partial charge < -0.3 is 20.4 Å². The van der Waals surface area contributed by atoms with E-state index in [0.29, 0.717) is 24.2 Å². The van der Waals surface area contributed by atoms with Gasteiger partial charge >= 0.3 is 10.4 Å². The van der Waals surface area contributed by atoms with Crippen LogP contribution in [0.25, 0.3) is 0 Å². The summed E-state index contributed by atoms with van der Waals surface area (Å²) in [6, 6.07) is 0. The lowest BCUT2D eigenvalue weighted by Gasteiger charge is -2.63. The van der Waals surface area contributed by atoms with E-state index in [4.69, 9.17) is 4.55 Å². The van der Waals surface area contributed by atoms with Crippen molar-refractivity contribution in [3.63, 3.8) is 0 Å². The Morgan fingerprint density at radius 3 is 2.39 bits per heavy atom. The van der Waals surface area contributed by atoms with Crippen LogP contribution in [0.15, 0.2) is 0 Å². The maximum Gasteiger partial charge on any atom is 0.397 e. The van der Waals surface area contributed by atoms with Gasteiger partial charge in [0.15, 0.2) is 0 Å². The zero-order chi connectivity index (χ0) is 26.5. The van der Waals surface area contributed by atoms with Gasteiger partial charge in [-0.2, -0.15) is 8.42 Å². The number of rotatable bonds is 9. The van der Waals surface area contributed by atoms with E-state index in [-0.39, 0.29) is 53.8 Å². The fourth-order valence-corrected chi connectivity index (χ4v) is 9.99. The van der Waals surface area contributed by atoms with Crippen LogP contribution in [0.1, 0.15) is 85.0 Å². The Kier molecular flexibility index (Phi) is 8.53. The maximum absolute atomic E-state index is 11.6. The van der Waals surface area contributed by atoms with E-state index in [1.165, 1.54) is 0 Å². The van der Waals surface area contributed by atoms with Crippen LogP contribution in [-0.2, 0) is 14.6 Å². The minimum absolute atomic E-state index is 0.0308. The molecule has 4 saturated carbocycles. The molecule has 4 aliphatic rings. The van der Waals surface area contributed by atoms with Gasteiger partial charge in [-0.15, -0.1) is 0 Å². The second-order valence-corrected chi connectivity index (χ2v) is 14.4. The van der Waals surface area contributed by atoms with Crippen molar-refractivity contribution in [2.24, 2.45) is 52.3 Å². The van der Waals surface area contributed by atoms with Crippen molar-refractivity contribution in [1.29, 1.82) is 0 Å². The zero-order valence-electron chi connectivity index (χ0n) is 22.1. The number of aliphatic hydroxyl groups excluding tert-OH is 4. The lowest BCUT2D eigenvalue weighted by molar-refractivity contribution is -0.213. The maximum atomic E-state index is 11.6. The molecule has 5 N–H and O–H groups in total. The summed E-state index contributed by atoms with van der Waals surface area (Å²) in [4.78, 5) is 0. The van der Waals surface area contributed by atoms with Gasteiger partial charge in [0.1, 0.15) is 0 Å². The largest absolute Gasteiger partial charge is 0.397 e. The van der Waals surface area contributed by atoms with E-state index in [9.17, 15) is 28.8 Å². The highest BCUT2D eigenvalue weighted by Crippen LogP contribution is 2.68. The molecule has 0 bridgehead atoms. The van der Waals surface area contributed by atoms with Crippen molar-refractivity contribution in [2.45, 2.75) is 103 Å². The second kappa shape index (κ2) is 10.7. The van der Waals surface area contributed by atoms with Crippen molar-refractivity contribution in [2.75, 3.05) is 13.2 Å². The topological polar surface area (TPSA) is 145 Å². The van der Waals surface area contributed by atoms with Crippen molar-refractivity contribution >= 4 is 10.4 Å². The van der Waals surface area contributed by atoms with E-state index in [1.807, 2.05) is 0 Å². The van der Waals surface area contributed by atoms with E-state index < -0.39 is 22.6 Å². The molecule has 9 unspecified atom stereocenters. The molecule has 0 heterocycles. The van der Waals surface area contributed by atoms with Gasteiger partial charge in [0.05, 0.1) is 24.9 Å². The average molecular weight is 533 g/mol. The molecule has 12 atom stereocenters. The van der Waals surface area contributed by atoms with Crippen molar-refractivity contribution in [1.82, 2.24) is 0 Å². The first-order valence-corrected chi connectivity index (χ1v) is 15.4. The van der Waals surface area contributed by atoms with E-state index in [0.717, 1.165) is 57.8 Å². The highest BCUT2D eigenvalue weighted by atomic mass is 32.3. The Morgan fingerprint density at radius 2 is 1.72 bits per heavy atom. The lowest BCUT2D eigenvalue weighted by Crippen LogP contribution is -2.63. The lowest BCUT2D eigenvalue weighted by atomic mass is 9.43. The molecular formula is C27H48O8S. The fourth-order valence-electron chi connectivity index (χ4n) is 9.62. The van der Waals surface area contributed by atoms with Crippen LogP contribution in [0.5, 0.6) is 0 Å². The van der Waals surface area contributed by atoms with Crippen molar-refractivity contribution in [3.8, 4) is 0 Å². The Hall–Kier alpha value is -0.290. The second-order valence-electron chi connectivity index (χ2n) is 13.3. The summed E-state index contributed by atoms with van der Waals surface area (Å²) in [6.45, 7) is 6.47. The Labute approximate surface area is 216 Å². The first-order chi connectivity index (χ1) is 16.8. The van der Waals surface area contributed by atoms with Crippen LogP contribution in [0.4, 0.5) is 0 Å². The predicted octanol–water partition coefficient (Wildman–Crippen LogP) is 3.18. The summed E-state index contributed by atoms with van der Waals surface area (Å²) in [5.41, 5.74) is -0.0696. The molecular weight excluding hydrogens is 484 g/mol. The molecule has 36 heavy (non-hydrogen) atoms. The van der Waals surface area contributed by atoms with Gasteiger partial charge in [-0.25, -0.2) is 4.18 Å². The minimum Gasteiger partial charge on any atom is -0.396 e. The van der Waals surface area contributed by atoms with Crippen LogP contribution < -0.4 is 0 Å². The van der Waals surface area contributed by atoms with Gasteiger partial charge in [0.2, 0.25) is 0 Å². The van der Waals surface area contributed by atoms with E-state index in [1.54, 1.807) is 0 Å². The average Bonchev–Trinajstić information content (AvgIpc) is 3.12. The summed E-state index contributed by atoms with van der Waals surface area (Å²) in [5, 5.41) is 42.9. The summed E-state index contributed by atoms with van der Waals surface area (Å²) in [7, 11) is -4.51. The van der Waals surface area contributed by atoms with Gasteiger partial charge in [-0.05, 0) is 97.7 Å². The third-order valence-electron chi connectivity index (χ3n) is 11.3. The summed E-state index contributed by atoms with van der Waals surface area (Å²) >= 11 is 0. The molecule has 0 amide bonds. The van der Waals surface area contributed by atoms with E-state index in [2.05, 4.69) is 25.0 Å². The quantitative estimate of drug-likeness (QED) is 0.285. The molecule has 0 aromatic rings. The normalized spacial score (nSPS) is 46.4. The van der Waals surface area contributed by atoms with Crippen LogP contribution in [0.2, 0.25) is 0 Å². The summed E-state index contributed by atoms with van der Waals surface area (Å²) in [6.07, 6.45) is 7.26. The third-order valence-corrected chi connectivity index (χ3v) is 11.8. The molecule has 4 fully saturated rings. The molecule has 0 aliphatic heterocycles. The number of aliphatic hydroxyl groups is 4. The molecule has 9 heteroatoms. The molecule has 0 aromatic heterocycles. The standard InChI is InChI=1S/C27H48O8S/c1-16(5-4-6-17(14-28)15-35-36(32,33)34)20-7-8-21-24-22(30)12-18-11-19(29)9-10-26(18,2)25(24)23(31)13-27(20,21)3/h16-25,28-31H,4-15H2,1-3H3,(H,32,33,34)/t16-,17?,18?,19?,20?,21?,22?,23?,24?,25?,26+,27-/m1/s1. The van der Waals surface area contributed by atoms with Crippen LogP contribution in [0, 0.1) is 52.3 Å². The molecule has 0 spiro atoms. The molecule has 4 aliphatic carbocycles. The summed E-state index contributed by atoms with van der Waals surface area (Å²) in [5.74, 6) is 1.32. The molecule has 8 nitrogen and oxygen atoms in total. The summed E-state index contributed by atoms with van der Waals surface area (Å²) < 4.78 is 34.9. The molecule has 4 rings (SSSR count). The highest BCUT2D eigenvalue weighted by molar-refractivity contribution is 7.80. The smallest absolute Gasteiger partial charge is 0.396 e. The Bertz CT molecular complexity index is 866. The molecule has 0 radical (unpaired) electrons. The van der Waals surface area contributed by atoms with Gasteiger partial charge in [0, 0.05) is 12.5 Å². The zero-order valence-corrected chi connectivity index (χ0v) is 22.9. The number of hydrogen-bond donors (Lipinski definition) is 5. The molecule has 210 valence electrons. The third kappa shape index (κ3) is 5.40. The highest BCUT2D eigenvalue weighted by Gasteiger charge is 2.65. The Morgan fingerprint density at radius 1 is 1.00 bits per heavy atom. The predicted molar refractivity (Wildman–Crippen MR) is 135 cm³/mol. The number of hydrogen-bond acceptors (Lipinski definition) is 7. The number of fused-ring (bicyclic) bond motifs is 5. The minimum atomic E-state index is -4.51. The van der Waals surface area contributed by atoms with Crippen LogP contribution in [-0.4, -0.2) is 64.9 Å². The first kappa shape index (κ1) is 28.7.